The smallest absolute Gasteiger partial charge is 0.291 e. The molecule has 1 atom stereocenters. The zero-order valence-corrected chi connectivity index (χ0v) is 16.9. The maximum Gasteiger partial charge on any atom is 0.291 e. The van der Waals surface area contributed by atoms with Crippen LogP contribution in [0, 0.1) is 0 Å². The Hall–Kier alpha value is -2.44. The summed E-state index contributed by atoms with van der Waals surface area (Å²) in [5.74, 6) is 0.110. The highest BCUT2D eigenvalue weighted by atomic mass is 32.1. The third-order valence-corrected chi connectivity index (χ3v) is 6.36. The molecule has 1 aliphatic heterocycles. The molecule has 6 heteroatoms. The molecule has 0 saturated carbocycles. The summed E-state index contributed by atoms with van der Waals surface area (Å²) in [6, 6.07) is 11.8. The van der Waals surface area contributed by atoms with Crippen LogP contribution in [0.1, 0.15) is 58.9 Å². The Morgan fingerprint density at radius 1 is 1.25 bits per heavy atom. The van der Waals surface area contributed by atoms with Crippen molar-refractivity contribution in [2.24, 2.45) is 0 Å². The summed E-state index contributed by atoms with van der Waals surface area (Å²) in [5.41, 5.74) is 2.15. The van der Waals surface area contributed by atoms with Gasteiger partial charge in [0.05, 0.1) is 18.0 Å². The number of nitrogens with one attached hydrogen (secondary N) is 1. The van der Waals surface area contributed by atoms with Gasteiger partial charge in [-0.3, -0.25) is 14.7 Å². The molecule has 1 fully saturated rings. The van der Waals surface area contributed by atoms with E-state index in [9.17, 15) is 4.79 Å². The maximum absolute atomic E-state index is 12.6. The zero-order chi connectivity index (χ0) is 19.3. The molecular weight excluding hydrogens is 370 g/mol. The highest BCUT2D eigenvalue weighted by Gasteiger charge is 2.29. The molecule has 28 heavy (non-hydrogen) atoms. The van der Waals surface area contributed by atoms with E-state index in [1.54, 1.807) is 23.5 Å². The molecule has 1 aliphatic rings. The predicted molar refractivity (Wildman–Crippen MR) is 112 cm³/mol. The van der Waals surface area contributed by atoms with E-state index in [4.69, 9.17) is 4.42 Å². The fraction of sp³-hybridized carbons (Fsp3) is 0.364. The molecule has 0 aliphatic carbocycles. The number of furan rings is 1. The minimum Gasteiger partial charge on any atom is -0.459 e. The molecular formula is C22H25N3O2S. The van der Waals surface area contributed by atoms with Gasteiger partial charge in [0.25, 0.3) is 5.91 Å². The van der Waals surface area contributed by atoms with E-state index < -0.39 is 0 Å². The highest BCUT2D eigenvalue weighted by molar-refractivity contribution is 7.16. The third kappa shape index (κ3) is 4.03. The molecule has 5 nitrogen and oxygen atoms in total. The monoisotopic (exact) mass is 395 g/mol. The molecule has 146 valence electrons. The second-order valence-corrected chi connectivity index (χ2v) is 8.17. The van der Waals surface area contributed by atoms with Crippen LogP contribution in [-0.4, -0.2) is 28.9 Å². The zero-order valence-electron chi connectivity index (χ0n) is 16.1. The first kappa shape index (κ1) is 18.9. The van der Waals surface area contributed by atoms with Gasteiger partial charge in [0, 0.05) is 16.6 Å². The predicted octanol–water partition coefficient (Wildman–Crippen LogP) is 5.13. The van der Waals surface area contributed by atoms with E-state index in [2.05, 4.69) is 34.3 Å². The number of nitrogens with zero attached hydrogens (tertiary/aromatic N) is 2. The van der Waals surface area contributed by atoms with Crippen LogP contribution < -0.4 is 5.32 Å². The highest BCUT2D eigenvalue weighted by Crippen LogP contribution is 2.40. The van der Waals surface area contributed by atoms with Gasteiger partial charge in [0.1, 0.15) is 5.00 Å². The molecule has 0 aromatic carbocycles. The van der Waals surface area contributed by atoms with Gasteiger partial charge >= 0.3 is 0 Å². The normalized spacial score (nSPS) is 16.0. The molecule has 3 aromatic rings. The maximum atomic E-state index is 12.6. The molecule has 0 spiro atoms. The van der Waals surface area contributed by atoms with Gasteiger partial charge in [0.2, 0.25) is 0 Å². The van der Waals surface area contributed by atoms with Crippen LogP contribution in [0.15, 0.2) is 53.3 Å². The number of pyridine rings is 1. The quantitative estimate of drug-likeness (QED) is 0.629. The third-order valence-electron chi connectivity index (χ3n) is 5.15. The molecule has 4 rings (SSSR count). The van der Waals surface area contributed by atoms with E-state index >= 15 is 0 Å². The summed E-state index contributed by atoms with van der Waals surface area (Å²) in [7, 11) is 0. The van der Waals surface area contributed by atoms with Crippen LogP contribution in [0.25, 0.3) is 0 Å². The van der Waals surface area contributed by atoms with Gasteiger partial charge < -0.3 is 9.73 Å². The molecule has 4 heterocycles. The SMILES string of the molecule is CCc1cc([C@@H](c2ccccn2)N2CCCCC2)c(NC(=O)c2ccco2)s1. The standard InChI is InChI=1S/C22H25N3O2S/c1-2-16-15-17(22(28-16)24-21(26)19-10-8-14-27-19)20(18-9-4-5-11-23-18)25-12-6-3-7-13-25/h4-5,8-11,14-15,20H,2-3,6-7,12-13H2,1H3,(H,24,26)/t20-/m0/s1. The summed E-state index contributed by atoms with van der Waals surface area (Å²) in [4.78, 5) is 21.0. The lowest BCUT2D eigenvalue weighted by molar-refractivity contribution is 0.0996. The van der Waals surface area contributed by atoms with Crippen LogP contribution in [-0.2, 0) is 6.42 Å². The summed E-state index contributed by atoms with van der Waals surface area (Å²) in [6.07, 6.45) is 7.97. The van der Waals surface area contributed by atoms with Crippen LogP contribution >= 0.6 is 11.3 Å². The Labute approximate surface area is 169 Å². The number of carbonyl (C=O) groups is 1. The Morgan fingerprint density at radius 3 is 2.79 bits per heavy atom. The van der Waals surface area contributed by atoms with Crippen LogP contribution in [0.3, 0.4) is 0 Å². The van der Waals surface area contributed by atoms with Crippen molar-refractivity contribution < 1.29 is 9.21 Å². The average molecular weight is 396 g/mol. The first-order chi connectivity index (χ1) is 13.8. The van der Waals surface area contributed by atoms with Gasteiger partial charge in [0.15, 0.2) is 5.76 Å². The Morgan fingerprint density at radius 2 is 2.11 bits per heavy atom. The number of hydrogen-bond acceptors (Lipinski definition) is 5. The van der Waals surface area contributed by atoms with Crippen molar-refractivity contribution in [3.8, 4) is 0 Å². The molecule has 0 radical (unpaired) electrons. The van der Waals surface area contributed by atoms with E-state index in [-0.39, 0.29) is 11.9 Å². The van der Waals surface area contributed by atoms with Gasteiger partial charge in [-0.25, -0.2) is 0 Å². The van der Waals surface area contributed by atoms with Gasteiger partial charge in [-0.1, -0.05) is 19.4 Å². The van der Waals surface area contributed by atoms with Crippen molar-refractivity contribution in [1.29, 1.82) is 0 Å². The van der Waals surface area contributed by atoms with Crippen LogP contribution in [0.4, 0.5) is 5.00 Å². The summed E-state index contributed by atoms with van der Waals surface area (Å²) in [6.45, 7) is 4.23. The Bertz CT molecular complexity index is 899. The van der Waals surface area contributed by atoms with Gasteiger partial charge in [-0.15, -0.1) is 11.3 Å². The van der Waals surface area contributed by atoms with E-state index in [1.807, 2.05) is 18.3 Å². The largest absolute Gasteiger partial charge is 0.459 e. The number of anilines is 1. The van der Waals surface area contributed by atoms with Crippen molar-refractivity contribution in [2.75, 3.05) is 18.4 Å². The van der Waals surface area contributed by atoms with Crippen molar-refractivity contribution in [3.63, 3.8) is 0 Å². The Balaban J connectivity index is 1.72. The van der Waals surface area contributed by atoms with Crippen molar-refractivity contribution in [2.45, 2.75) is 38.6 Å². The lowest BCUT2D eigenvalue weighted by Gasteiger charge is -2.34. The minimum atomic E-state index is -0.214. The molecule has 0 bridgehead atoms. The van der Waals surface area contributed by atoms with Crippen molar-refractivity contribution in [1.82, 2.24) is 9.88 Å². The molecule has 1 N–H and O–H groups in total. The number of hydrogen-bond donors (Lipinski definition) is 1. The van der Waals surface area contributed by atoms with E-state index in [0.717, 1.165) is 35.8 Å². The molecule has 0 unspecified atom stereocenters. The number of aromatic nitrogens is 1. The fourth-order valence-corrected chi connectivity index (χ4v) is 4.79. The number of aryl methyl sites for hydroxylation is 1. The topological polar surface area (TPSA) is 58.4 Å². The summed E-state index contributed by atoms with van der Waals surface area (Å²) in [5, 5.41) is 3.98. The second kappa shape index (κ2) is 8.71. The number of thiophene rings is 1. The summed E-state index contributed by atoms with van der Waals surface area (Å²) < 4.78 is 5.27. The van der Waals surface area contributed by atoms with Crippen LogP contribution in [0.5, 0.6) is 0 Å². The lowest BCUT2D eigenvalue weighted by atomic mass is 9.99. The summed E-state index contributed by atoms with van der Waals surface area (Å²) >= 11 is 1.64. The van der Waals surface area contributed by atoms with Gasteiger partial charge in [-0.2, -0.15) is 0 Å². The number of amides is 1. The first-order valence-corrected chi connectivity index (χ1v) is 10.7. The van der Waals surface area contributed by atoms with E-state index in [0.29, 0.717) is 5.76 Å². The lowest BCUT2D eigenvalue weighted by Crippen LogP contribution is -2.35. The number of rotatable bonds is 6. The first-order valence-electron chi connectivity index (χ1n) is 9.88. The Kier molecular flexibility index (Phi) is 5.88. The van der Waals surface area contributed by atoms with Gasteiger partial charge in [-0.05, 0) is 62.7 Å². The molecule has 1 amide bonds. The van der Waals surface area contributed by atoms with Crippen molar-refractivity contribution >= 4 is 22.2 Å². The number of likely N-dealkylation sites (tertiary alicyclic amines) is 1. The number of piperidine rings is 1. The van der Waals surface area contributed by atoms with Crippen LogP contribution in [0.2, 0.25) is 0 Å². The molecule has 3 aromatic heterocycles. The van der Waals surface area contributed by atoms with E-state index in [1.165, 1.54) is 30.4 Å². The second-order valence-electron chi connectivity index (χ2n) is 7.04. The van der Waals surface area contributed by atoms with Crippen molar-refractivity contribution in [3.05, 3.63) is 70.8 Å². The fourth-order valence-electron chi connectivity index (χ4n) is 3.76. The minimum absolute atomic E-state index is 0.0463. The average Bonchev–Trinajstić information content (AvgIpc) is 3.41. The number of carbonyl (C=O) groups excluding carboxylic acids is 1. The molecule has 1 saturated heterocycles.